The van der Waals surface area contributed by atoms with Crippen molar-refractivity contribution in [1.29, 1.82) is 0 Å². The van der Waals surface area contributed by atoms with Crippen LogP contribution in [0.2, 0.25) is 0 Å². The molecule has 0 amide bonds. The van der Waals surface area contributed by atoms with E-state index >= 15 is 0 Å². The number of hydrogen-bond acceptors (Lipinski definition) is 5. The summed E-state index contributed by atoms with van der Waals surface area (Å²) in [4.78, 5) is 2.03. The van der Waals surface area contributed by atoms with Crippen LogP contribution in [0.15, 0.2) is 36.4 Å². The molecule has 0 atom stereocenters. The minimum Gasteiger partial charge on any atom is -0.872 e. The van der Waals surface area contributed by atoms with Crippen molar-refractivity contribution in [3.8, 4) is 17.2 Å². The van der Waals surface area contributed by atoms with Gasteiger partial charge in [-0.2, -0.15) is 0 Å². The van der Waals surface area contributed by atoms with Gasteiger partial charge in [-0.25, -0.2) is 0 Å². The van der Waals surface area contributed by atoms with Gasteiger partial charge in [-0.05, 0) is 58.2 Å². The minimum absolute atomic E-state index is 0. The monoisotopic (exact) mass is 523 g/mol. The van der Waals surface area contributed by atoms with Crippen LogP contribution in [0, 0.1) is 41.5 Å². The number of nitrogens with zero attached hydrogens (tertiary/aromatic N) is 1. The molecule has 5 nitrogen and oxygen atoms in total. The molecule has 0 bridgehead atoms. The van der Waals surface area contributed by atoms with Gasteiger partial charge in [-0.15, -0.1) is 23.4 Å². The summed E-state index contributed by atoms with van der Waals surface area (Å²) < 4.78 is 0. The summed E-state index contributed by atoms with van der Waals surface area (Å²) in [5.74, 6) is 0.0448. The number of aryl methyl sites for hydroxylation is 6. The molecule has 190 valence electrons. The fourth-order valence-electron chi connectivity index (χ4n) is 4.37. The molecule has 0 aliphatic rings. The first-order chi connectivity index (χ1) is 16.3. The Morgan fingerprint density at radius 3 is 1.00 bits per heavy atom. The summed E-state index contributed by atoms with van der Waals surface area (Å²) in [6, 6.07) is 11.4. The zero-order valence-electron chi connectivity index (χ0n) is 22.7. The van der Waals surface area contributed by atoms with E-state index in [1.165, 1.54) is 0 Å². The van der Waals surface area contributed by atoms with E-state index < -0.39 is 6.10 Å². The third-order valence-corrected chi connectivity index (χ3v) is 5.67. The van der Waals surface area contributed by atoms with Gasteiger partial charge in [0.05, 0.1) is 0 Å². The molecular weight excluding hydrogens is 486 g/mol. The quantitative estimate of drug-likeness (QED) is 0.459. The first-order valence-electron chi connectivity index (χ1n) is 12.0. The van der Waals surface area contributed by atoms with Crippen molar-refractivity contribution in [2.75, 3.05) is 0 Å². The van der Waals surface area contributed by atoms with Crippen molar-refractivity contribution in [2.24, 2.45) is 0 Å². The van der Waals surface area contributed by atoms with Gasteiger partial charge in [0.2, 0.25) is 0 Å². The number of hydrogen-bond donors (Lipinski definition) is 0. The average Bonchev–Trinajstić information content (AvgIpc) is 2.72. The van der Waals surface area contributed by atoms with E-state index in [9.17, 15) is 20.4 Å². The molecule has 0 saturated heterocycles. The largest absolute Gasteiger partial charge is 4.00 e. The van der Waals surface area contributed by atoms with Crippen molar-refractivity contribution in [3.05, 3.63) is 86.5 Å². The van der Waals surface area contributed by atoms with Crippen LogP contribution in [0.1, 0.15) is 63.9 Å². The Morgan fingerprint density at radius 2 is 0.778 bits per heavy atom. The Kier molecular flexibility index (Phi) is 12.2. The zero-order valence-corrected chi connectivity index (χ0v) is 24.3. The van der Waals surface area contributed by atoms with Gasteiger partial charge in [0.1, 0.15) is 0 Å². The van der Waals surface area contributed by atoms with Gasteiger partial charge in [-0.1, -0.05) is 83.6 Å². The van der Waals surface area contributed by atoms with Crippen LogP contribution in [-0.2, 0) is 41.4 Å². The normalized spacial score (nSPS) is 10.8. The molecule has 3 rings (SSSR count). The van der Waals surface area contributed by atoms with Gasteiger partial charge < -0.3 is 20.4 Å². The van der Waals surface area contributed by atoms with Crippen molar-refractivity contribution in [1.82, 2.24) is 4.90 Å². The Labute approximate surface area is 231 Å². The van der Waals surface area contributed by atoms with E-state index in [-0.39, 0.29) is 39.0 Å². The smallest absolute Gasteiger partial charge is 0.872 e. The second kappa shape index (κ2) is 13.9. The minimum atomic E-state index is -0.417. The summed E-state index contributed by atoms with van der Waals surface area (Å²) in [6.07, 6.45) is -0.417. The number of rotatable bonds is 6. The Hall–Kier alpha value is -2.31. The second-order valence-corrected chi connectivity index (χ2v) is 9.90. The molecule has 0 unspecified atom stereocenters. The van der Waals surface area contributed by atoms with Gasteiger partial charge in [0, 0.05) is 19.6 Å². The van der Waals surface area contributed by atoms with Crippen LogP contribution < -0.4 is 20.4 Å². The van der Waals surface area contributed by atoms with Crippen LogP contribution in [-0.4, -0.2) is 11.0 Å². The maximum atomic E-state index is 12.8. The van der Waals surface area contributed by atoms with Crippen molar-refractivity contribution in [3.63, 3.8) is 0 Å². The topological polar surface area (TPSA) is 95.5 Å². The summed E-state index contributed by atoms with van der Waals surface area (Å²) in [5, 5.41) is 47.8. The molecule has 0 fully saturated rings. The zero-order chi connectivity index (χ0) is 26.4. The fourth-order valence-corrected chi connectivity index (χ4v) is 4.37. The van der Waals surface area contributed by atoms with E-state index in [4.69, 9.17) is 0 Å². The molecule has 0 aliphatic carbocycles. The maximum absolute atomic E-state index is 12.8. The van der Waals surface area contributed by atoms with Crippen molar-refractivity contribution >= 4 is 0 Å². The van der Waals surface area contributed by atoms with Crippen molar-refractivity contribution < 1.29 is 42.1 Å². The first-order valence-corrected chi connectivity index (χ1v) is 12.0. The predicted molar refractivity (Wildman–Crippen MR) is 134 cm³/mol. The Balaban J connectivity index is 0.00000120. The Bertz CT molecular complexity index is 1030. The Morgan fingerprint density at radius 1 is 0.556 bits per heavy atom. The van der Waals surface area contributed by atoms with Crippen molar-refractivity contribution in [2.45, 2.75) is 81.1 Å². The molecule has 0 aromatic heterocycles. The molecule has 0 aliphatic heterocycles. The molecule has 36 heavy (non-hydrogen) atoms. The summed E-state index contributed by atoms with van der Waals surface area (Å²) in [6.45, 7) is 15.7. The molecule has 6 heteroatoms. The molecule has 0 heterocycles. The molecule has 3 aromatic carbocycles. The van der Waals surface area contributed by atoms with Crippen LogP contribution in [0.25, 0.3) is 0 Å². The van der Waals surface area contributed by atoms with Gasteiger partial charge in [0.25, 0.3) is 0 Å². The number of benzene rings is 3. The third kappa shape index (κ3) is 8.97. The van der Waals surface area contributed by atoms with Crippen LogP contribution in [0.4, 0.5) is 0 Å². The van der Waals surface area contributed by atoms with E-state index in [2.05, 4.69) is 0 Å². The van der Waals surface area contributed by atoms with E-state index in [1.807, 2.05) is 82.8 Å². The molecule has 0 saturated carbocycles. The van der Waals surface area contributed by atoms with E-state index in [0.717, 1.165) is 16.7 Å². The summed E-state index contributed by atoms with van der Waals surface area (Å²) >= 11 is 0. The first kappa shape index (κ1) is 31.7. The SMILES string of the molecule is CC(C)[O-].Cc1cc(C)c([O-])c(CN(Cc2cc(C)cc(C)c2[O-])Cc2cc(C)cc(C)c2[O-])c1.[Ti+4]. The summed E-state index contributed by atoms with van der Waals surface area (Å²) in [7, 11) is 0. The summed E-state index contributed by atoms with van der Waals surface area (Å²) in [5.41, 5.74) is 7.27. The molecule has 0 spiro atoms. The fraction of sp³-hybridized carbons (Fsp3) is 0.400. The second-order valence-electron chi connectivity index (χ2n) is 9.90. The predicted octanol–water partition coefficient (Wildman–Crippen LogP) is 3.71. The standard InChI is InChI=1S/C27H33NO3.C3H7O.Ti/c1-16-7-19(4)25(29)22(10-16)13-28(14-23-11-17(2)8-20(5)26(23)30)15-24-12-18(3)9-21(6)27(24)31;1-3(2)4;/h7-12,29-31H,13-15H2,1-6H3;3H,1-2H3;/q;-1;+4/p-3. The van der Waals surface area contributed by atoms with Crippen LogP contribution in [0.5, 0.6) is 17.2 Å². The molecule has 0 N–H and O–H groups in total. The molecule has 0 radical (unpaired) electrons. The van der Waals surface area contributed by atoms with Crippen LogP contribution >= 0.6 is 0 Å². The third-order valence-electron chi connectivity index (χ3n) is 5.67. The van der Waals surface area contributed by atoms with Gasteiger partial charge in [0.15, 0.2) is 0 Å². The maximum Gasteiger partial charge on any atom is 4.00 e. The van der Waals surface area contributed by atoms with Gasteiger partial charge in [-0.3, -0.25) is 4.90 Å². The van der Waals surface area contributed by atoms with Crippen LogP contribution in [0.3, 0.4) is 0 Å². The molecular formula is C30H37NO4Ti. The van der Waals surface area contributed by atoms with E-state index in [0.29, 0.717) is 53.0 Å². The average molecular weight is 523 g/mol. The molecule has 3 aromatic rings. The van der Waals surface area contributed by atoms with E-state index in [1.54, 1.807) is 13.8 Å². The van der Waals surface area contributed by atoms with Gasteiger partial charge >= 0.3 is 21.7 Å².